The van der Waals surface area contributed by atoms with E-state index in [1.165, 1.54) is 13.0 Å². The number of ether oxygens (including phenoxy) is 1. The summed E-state index contributed by atoms with van der Waals surface area (Å²) >= 11 is 3.81. The molecule has 0 atom stereocenters. The minimum Gasteiger partial charge on any atom is -0.402 e. The highest BCUT2D eigenvalue weighted by Gasteiger charge is 2.33. The van der Waals surface area contributed by atoms with Crippen molar-refractivity contribution in [1.29, 1.82) is 0 Å². The summed E-state index contributed by atoms with van der Waals surface area (Å²) in [5, 5.41) is 0. The number of hydrogen-bond donors (Lipinski definition) is 1. The number of halogens is 4. The summed E-state index contributed by atoms with van der Waals surface area (Å²) in [4.78, 5) is 0.245. The van der Waals surface area contributed by atoms with Crippen molar-refractivity contribution in [1.82, 2.24) is 0 Å². The molecule has 0 saturated carbocycles. The molecular formula is C8H6F4OS. The van der Waals surface area contributed by atoms with Gasteiger partial charge in [0.05, 0.1) is 0 Å². The first-order chi connectivity index (χ1) is 6.29. The van der Waals surface area contributed by atoms with Crippen molar-refractivity contribution in [2.75, 3.05) is 0 Å². The predicted octanol–water partition coefficient (Wildman–Crippen LogP) is 3.32. The maximum Gasteiger partial charge on any atom is 0.573 e. The Hall–Kier alpha value is -0.910. The zero-order valence-electron chi connectivity index (χ0n) is 7.02. The highest BCUT2D eigenvalue weighted by atomic mass is 32.1. The smallest absolute Gasteiger partial charge is 0.402 e. The van der Waals surface area contributed by atoms with Crippen LogP contribution in [0.3, 0.4) is 0 Å². The van der Waals surface area contributed by atoms with Gasteiger partial charge in [0, 0.05) is 4.90 Å². The van der Waals surface area contributed by atoms with E-state index in [9.17, 15) is 17.6 Å². The molecule has 0 fully saturated rings. The van der Waals surface area contributed by atoms with E-state index in [1.807, 2.05) is 0 Å². The van der Waals surface area contributed by atoms with Gasteiger partial charge in [0.1, 0.15) is 0 Å². The van der Waals surface area contributed by atoms with Gasteiger partial charge in [-0.25, -0.2) is 4.39 Å². The quantitative estimate of drug-likeness (QED) is 0.571. The monoisotopic (exact) mass is 226 g/mol. The van der Waals surface area contributed by atoms with Crippen LogP contribution in [0.25, 0.3) is 0 Å². The van der Waals surface area contributed by atoms with Gasteiger partial charge < -0.3 is 4.74 Å². The van der Waals surface area contributed by atoms with Gasteiger partial charge in [-0.3, -0.25) is 0 Å². The lowest BCUT2D eigenvalue weighted by atomic mass is 10.2. The molecule has 14 heavy (non-hydrogen) atoms. The minimum absolute atomic E-state index is 0.0484. The molecule has 0 aliphatic heterocycles. The fourth-order valence-electron chi connectivity index (χ4n) is 0.958. The SMILES string of the molecule is Cc1cc(S)cc(F)c1OC(F)(F)F. The standard InChI is InChI=1S/C8H6F4OS/c1-4-2-5(14)3-6(9)7(4)13-8(10,11)12/h2-3,14H,1H3. The predicted molar refractivity (Wildman–Crippen MR) is 45.1 cm³/mol. The van der Waals surface area contributed by atoms with E-state index in [2.05, 4.69) is 17.4 Å². The first kappa shape index (κ1) is 11.2. The van der Waals surface area contributed by atoms with Gasteiger partial charge in [0.2, 0.25) is 0 Å². The maximum atomic E-state index is 13.0. The van der Waals surface area contributed by atoms with Crippen molar-refractivity contribution in [2.45, 2.75) is 18.2 Å². The topological polar surface area (TPSA) is 9.23 Å². The second-order valence-electron chi connectivity index (χ2n) is 2.62. The Morgan fingerprint density at radius 1 is 1.29 bits per heavy atom. The fraction of sp³-hybridized carbons (Fsp3) is 0.250. The van der Waals surface area contributed by atoms with E-state index in [-0.39, 0.29) is 10.5 Å². The third-order valence-corrected chi connectivity index (χ3v) is 1.69. The van der Waals surface area contributed by atoms with Crippen LogP contribution in [0, 0.1) is 12.7 Å². The van der Waals surface area contributed by atoms with Gasteiger partial charge in [-0.2, -0.15) is 0 Å². The molecule has 0 aliphatic carbocycles. The molecule has 0 heterocycles. The molecule has 0 N–H and O–H groups in total. The molecule has 1 aromatic carbocycles. The Morgan fingerprint density at radius 2 is 1.86 bits per heavy atom. The molecule has 0 amide bonds. The van der Waals surface area contributed by atoms with Crippen LogP contribution in [0.4, 0.5) is 17.6 Å². The summed E-state index contributed by atoms with van der Waals surface area (Å²) < 4.78 is 51.9. The molecule has 0 bridgehead atoms. The first-order valence-corrected chi connectivity index (χ1v) is 3.99. The summed E-state index contributed by atoms with van der Waals surface area (Å²) in [6.45, 7) is 1.31. The van der Waals surface area contributed by atoms with Gasteiger partial charge in [0.15, 0.2) is 11.6 Å². The number of thiol groups is 1. The van der Waals surface area contributed by atoms with Crippen molar-refractivity contribution < 1.29 is 22.3 Å². The average Bonchev–Trinajstić information content (AvgIpc) is 1.95. The van der Waals surface area contributed by atoms with Gasteiger partial charge in [-0.1, -0.05) is 0 Å². The van der Waals surface area contributed by atoms with Crippen molar-refractivity contribution in [2.24, 2.45) is 0 Å². The van der Waals surface area contributed by atoms with E-state index >= 15 is 0 Å². The zero-order valence-corrected chi connectivity index (χ0v) is 7.92. The van der Waals surface area contributed by atoms with Crippen molar-refractivity contribution in [3.8, 4) is 5.75 Å². The molecule has 1 aromatic rings. The normalized spacial score (nSPS) is 11.6. The lowest BCUT2D eigenvalue weighted by Crippen LogP contribution is -2.18. The Balaban J connectivity index is 3.09. The molecular weight excluding hydrogens is 220 g/mol. The molecule has 0 unspecified atom stereocenters. The Labute approximate surface area is 83.1 Å². The lowest BCUT2D eigenvalue weighted by Gasteiger charge is -2.12. The van der Waals surface area contributed by atoms with Crippen LogP contribution < -0.4 is 4.74 Å². The Bertz CT molecular complexity index is 325. The van der Waals surface area contributed by atoms with Crippen molar-refractivity contribution in [3.63, 3.8) is 0 Å². The van der Waals surface area contributed by atoms with Crippen LogP contribution in [0.15, 0.2) is 17.0 Å². The highest BCUT2D eigenvalue weighted by molar-refractivity contribution is 7.80. The lowest BCUT2D eigenvalue weighted by molar-refractivity contribution is -0.275. The average molecular weight is 226 g/mol. The van der Waals surface area contributed by atoms with Crippen LogP contribution in [-0.4, -0.2) is 6.36 Å². The summed E-state index contributed by atoms with van der Waals surface area (Å²) in [7, 11) is 0. The van der Waals surface area contributed by atoms with Gasteiger partial charge in [0.25, 0.3) is 0 Å². The van der Waals surface area contributed by atoms with Crippen LogP contribution in [0.1, 0.15) is 5.56 Å². The minimum atomic E-state index is -4.89. The number of hydrogen-bond acceptors (Lipinski definition) is 2. The van der Waals surface area contributed by atoms with E-state index < -0.39 is 17.9 Å². The molecule has 78 valence electrons. The fourth-order valence-corrected chi connectivity index (χ4v) is 1.26. The highest BCUT2D eigenvalue weighted by Crippen LogP contribution is 2.30. The number of aryl methyl sites for hydroxylation is 1. The van der Waals surface area contributed by atoms with Crippen LogP contribution in [0.2, 0.25) is 0 Å². The Kier molecular flexibility index (Phi) is 2.94. The molecule has 0 aromatic heterocycles. The number of benzene rings is 1. The van der Waals surface area contributed by atoms with Crippen LogP contribution in [0.5, 0.6) is 5.75 Å². The molecule has 0 radical (unpaired) electrons. The van der Waals surface area contributed by atoms with Gasteiger partial charge >= 0.3 is 6.36 Å². The molecule has 1 rings (SSSR count). The van der Waals surface area contributed by atoms with E-state index in [1.54, 1.807) is 0 Å². The molecule has 1 nitrogen and oxygen atoms in total. The number of rotatable bonds is 1. The maximum absolute atomic E-state index is 13.0. The first-order valence-electron chi connectivity index (χ1n) is 3.54. The molecule has 0 saturated heterocycles. The van der Waals surface area contributed by atoms with Crippen LogP contribution >= 0.6 is 12.6 Å². The number of alkyl halides is 3. The summed E-state index contributed by atoms with van der Waals surface area (Å²) in [5.74, 6) is -1.89. The van der Waals surface area contributed by atoms with Crippen molar-refractivity contribution >= 4 is 12.6 Å². The van der Waals surface area contributed by atoms with E-state index in [0.29, 0.717) is 0 Å². The van der Waals surface area contributed by atoms with Crippen molar-refractivity contribution in [3.05, 3.63) is 23.5 Å². The van der Waals surface area contributed by atoms with Gasteiger partial charge in [-0.15, -0.1) is 25.8 Å². The summed E-state index contributed by atoms with van der Waals surface area (Å²) in [5.41, 5.74) is 0.0484. The van der Waals surface area contributed by atoms with Crippen LogP contribution in [-0.2, 0) is 0 Å². The van der Waals surface area contributed by atoms with E-state index in [0.717, 1.165) is 6.07 Å². The second-order valence-corrected chi connectivity index (χ2v) is 3.14. The van der Waals surface area contributed by atoms with Gasteiger partial charge in [-0.05, 0) is 24.6 Å². The largest absolute Gasteiger partial charge is 0.573 e. The summed E-state index contributed by atoms with van der Waals surface area (Å²) in [6, 6.07) is 2.14. The third-order valence-electron chi connectivity index (χ3n) is 1.43. The molecule has 0 aliphatic rings. The van der Waals surface area contributed by atoms with E-state index in [4.69, 9.17) is 0 Å². The molecule has 0 spiro atoms. The zero-order chi connectivity index (χ0) is 10.9. The molecule has 6 heteroatoms. The summed E-state index contributed by atoms with van der Waals surface area (Å²) in [6.07, 6.45) is -4.89. The second kappa shape index (κ2) is 3.68. The third kappa shape index (κ3) is 2.80. The Morgan fingerprint density at radius 3 is 2.29 bits per heavy atom.